The Morgan fingerprint density at radius 1 is 1.03 bits per heavy atom. The molecule has 0 aliphatic rings. The Hall–Kier alpha value is -4.28. The van der Waals surface area contributed by atoms with Crippen LogP contribution in [0.15, 0.2) is 59.8 Å². The first-order valence-electron chi connectivity index (χ1n) is 8.69. The second-order valence-electron chi connectivity index (χ2n) is 6.31. The lowest BCUT2D eigenvalue weighted by molar-refractivity contribution is 0.578. The van der Waals surface area contributed by atoms with Gasteiger partial charge in [0.1, 0.15) is 5.82 Å². The van der Waals surface area contributed by atoms with E-state index in [9.17, 15) is 17.2 Å². The molecule has 10 heteroatoms. The second kappa shape index (κ2) is 7.86. The molecule has 0 atom stereocenters. The number of aromatic amines is 1. The van der Waals surface area contributed by atoms with Gasteiger partial charge in [-0.1, -0.05) is 17.9 Å². The minimum atomic E-state index is -4.22. The highest BCUT2D eigenvalue weighted by atomic mass is 32.2. The van der Waals surface area contributed by atoms with Gasteiger partial charge in [0.15, 0.2) is 11.5 Å². The van der Waals surface area contributed by atoms with Gasteiger partial charge < -0.3 is 0 Å². The summed E-state index contributed by atoms with van der Waals surface area (Å²) in [5.74, 6) is 2.89. The maximum absolute atomic E-state index is 14.9. The van der Waals surface area contributed by atoms with Crippen molar-refractivity contribution in [2.75, 3.05) is 4.72 Å². The Labute approximate surface area is 175 Å². The Bertz CT molecular complexity index is 1530. The van der Waals surface area contributed by atoms with Crippen molar-refractivity contribution < 1.29 is 17.2 Å². The third-order valence-electron chi connectivity index (χ3n) is 4.23. The molecule has 2 N–H and O–H groups in total. The molecule has 0 saturated carbocycles. The van der Waals surface area contributed by atoms with Crippen LogP contribution in [0.25, 0.3) is 11.0 Å². The molecule has 0 fully saturated rings. The highest BCUT2D eigenvalue weighted by molar-refractivity contribution is 7.92. The molecule has 4 aromatic rings. The summed E-state index contributed by atoms with van der Waals surface area (Å²) in [6.45, 7) is 0. The molecule has 152 valence electrons. The number of rotatable bonds is 3. The van der Waals surface area contributed by atoms with Gasteiger partial charge in [-0.3, -0.25) is 9.82 Å². The van der Waals surface area contributed by atoms with Crippen LogP contribution >= 0.6 is 0 Å². The first-order valence-corrected chi connectivity index (χ1v) is 10.2. The van der Waals surface area contributed by atoms with E-state index in [4.69, 9.17) is 5.26 Å². The molecule has 0 unspecified atom stereocenters. The van der Waals surface area contributed by atoms with Crippen molar-refractivity contribution in [2.24, 2.45) is 0 Å². The number of H-pyrrole nitrogens is 1. The van der Waals surface area contributed by atoms with E-state index in [0.29, 0.717) is 16.6 Å². The maximum atomic E-state index is 14.9. The summed E-state index contributed by atoms with van der Waals surface area (Å²) in [5.41, 5.74) is -0.0151. The lowest BCUT2D eigenvalue weighted by Crippen LogP contribution is -2.15. The fourth-order valence-corrected chi connectivity index (χ4v) is 3.83. The van der Waals surface area contributed by atoms with Gasteiger partial charge in [-0.15, -0.1) is 0 Å². The monoisotopic (exact) mass is 435 g/mol. The number of nitrogens with zero attached hydrogens (tertiary/aromatic N) is 3. The molecule has 2 heterocycles. The zero-order valence-electron chi connectivity index (χ0n) is 15.5. The van der Waals surface area contributed by atoms with E-state index in [-0.39, 0.29) is 10.5 Å². The van der Waals surface area contributed by atoms with Crippen molar-refractivity contribution in [1.29, 1.82) is 5.26 Å². The number of hydrogen-bond donors (Lipinski definition) is 2. The molecule has 0 aliphatic carbocycles. The van der Waals surface area contributed by atoms with Crippen LogP contribution in [0.2, 0.25) is 0 Å². The fourth-order valence-electron chi connectivity index (χ4n) is 2.72. The lowest BCUT2D eigenvalue weighted by Gasteiger charge is -2.10. The Morgan fingerprint density at radius 2 is 1.87 bits per heavy atom. The quantitative estimate of drug-likeness (QED) is 0.480. The van der Waals surface area contributed by atoms with Gasteiger partial charge in [0.2, 0.25) is 0 Å². The van der Waals surface area contributed by atoms with Gasteiger partial charge >= 0.3 is 0 Å². The molecule has 0 radical (unpaired) electrons. The van der Waals surface area contributed by atoms with E-state index in [1.165, 1.54) is 30.6 Å². The number of nitrogens with one attached hydrogen (secondary N) is 2. The molecule has 2 aromatic heterocycles. The number of pyridine rings is 1. The van der Waals surface area contributed by atoms with Crippen molar-refractivity contribution in [3.05, 3.63) is 83.2 Å². The van der Waals surface area contributed by atoms with Gasteiger partial charge in [0.05, 0.1) is 34.0 Å². The van der Waals surface area contributed by atoms with Gasteiger partial charge in [0.25, 0.3) is 10.0 Å². The minimum absolute atomic E-state index is 0.122. The molecule has 0 bridgehead atoms. The third kappa shape index (κ3) is 4.06. The van der Waals surface area contributed by atoms with Crippen LogP contribution in [0.5, 0.6) is 0 Å². The number of benzene rings is 2. The maximum Gasteiger partial charge on any atom is 0.262 e. The van der Waals surface area contributed by atoms with Gasteiger partial charge in [-0.2, -0.15) is 10.4 Å². The molecule has 2 aromatic carbocycles. The topological polar surface area (TPSA) is 112 Å². The highest BCUT2D eigenvalue weighted by Gasteiger charge is 2.19. The predicted molar refractivity (Wildman–Crippen MR) is 108 cm³/mol. The first kappa shape index (κ1) is 20.0. The van der Waals surface area contributed by atoms with Crippen molar-refractivity contribution in [3.8, 4) is 17.9 Å². The molecule has 0 aliphatic heterocycles. The molecular weight excluding hydrogens is 424 g/mol. The summed E-state index contributed by atoms with van der Waals surface area (Å²) in [6, 6.07) is 10.6. The smallest absolute Gasteiger partial charge is 0.262 e. The van der Waals surface area contributed by atoms with E-state index >= 15 is 0 Å². The van der Waals surface area contributed by atoms with E-state index in [1.807, 2.05) is 6.07 Å². The van der Waals surface area contributed by atoms with Crippen LogP contribution in [0.4, 0.5) is 14.5 Å². The molecule has 0 spiro atoms. The molecule has 7 nitrogen and oxygen atoms in total. The summed E-state index contributed by atoms with van der Waals surface area (Å²) in [7, 11) is -4.22. The third-order valence-corrected chi connectivity index (χ3v) is 5.60. The Morgan fingerprint density at radius 3 is 2.68 bits per heavy atom. The molecular formula is C21H11F2N5O2S. The normalized spacial score (nSPS) is 10.9. The van der Waals surface area contributed by atoms with Crippen molar-refractivity contribution in [3.63, 3.8) is 0 Å². The van der Waals surface area contributed by atoms with Crippen LogP contribution < -0.4 is 4.72 Å². The van der Waals surface area contributed by atoms with E-state index in [2.05, 4.69) is 31.7 Å². The predicted octanol–water partition coefficient (Wildman–Crippen LogP) is 3.31. The number of aromatic nitrogens is 3. The van der Waals surface area contributed by atoms with Crippen LogP contribution in [0.3, 0.4) is 0 Å². The van der Waals surface area contributed by atoms with Gasteiger partial charge in [0, 0.05) is 17.1 Å². The Kier molecular flexibility index (Phi) is 5.07. The van der Waals surface area contributed by atoms with Crippen LogP contribution in [0.1, 0.15) is 16.7 Å². The fraction of sp³-hybridized carbons (Fsp3) is 0. The van der Waals surface area contributed by atoms with Crippen LogP contribution in [0, 0.1) is 34.8 Å². The zero-order valence-corrected chi connectivity index (χ0v) is 16.3. The number of hydrogen-bond acceptors (Lipinski definition) is 5. The second-order valence-corrected chi connectivity index (χ2v) is 7.99. The largest absolute Gasteiger partial charge is 0.277 e. The zero-order chi connectivity index (χ0) is 22.0. The van der Waals surface area contributed by atoms with E-state index in [1.54, 1.807) is 6.07 Å². The SMILES string of the molecule is N#Cc1cccc(S(=O)(=O)Nc2ccc(F)c(C#Cc3cnc4[nH]ncc4c3)c2F)c1. The van der Waals surface area contributed by atoms with Crippen molar-refractivity contribution >= 4 is 26.7 Å². The number of sulfonamides is 1. The lowest BCUT2D eigenvalue weighted by atomic mass is 10.1. The summed E-state index contributed by atoms with van der Waals surface area (Å²) in [4.78, 5) is 3.86. The van der Waals surface area contributed by atoms with Gasteiger partial charge in [-0.25, -0.2) is 22.2 Å². The number of nitriles is 1. The van der Waals surface area contributed by atoms with Gasteiger partial charge in [-0.05, 0) is 36.4 Å². The minimum Gasteiger partial charge on any atom is -0.277 e. The molecule has 0 saturated heterocycles. The average Bonchev–Trinajstić information content (AvgIpc) is 3.23. The van der Waals surface area contributed by atoms with Crippen LogP contribution in [-0.2, 0) is 10.0 Å². The molecule has 4 rings (SSSR count). The number of fused-ring (bicyclic) bond motifs is 1. The average molecular weight is 435 g/mol. The first-order chi connectivity index (χ1) is 14.9. The summed E-state index contributed by atoms with van der Waals surface area (Å²) in [5, 5.41) is 16.1. The standard InChI is InChI=1S/C21H11F2N5O2S/c22-18-6-7-19(28-31(29,30)16-3-1-2-13(9-16)10-24)20(23)17(18)5-4-14-8-15-12-26-27-21(15)25-11-14/h1-3,6-9,11-12,28H,(H,25,26,27). The number of halogens is 2. The highest BCUT2D eigenvalue weighted by Crippen LogP contribution is 2.24. The van der Waals surface area contributed by atoms with Crippen molar-refractivity contribution in [2.45, 2.75) is 4.90 Å². The van der Waals surface area contributed by atoms with E-state index < -0.39 is 32.9 Å². The summed E-state index contributed by atoms with van der Waals surface area (Å²) >= 11 is 0. The molecule has 31 heavy (non-hydrogen) atoms. The number of anilines is 1. The molecule has 0 amide bonds. The van der Waals surface area contributed by atoms with E-state index in [0.717, 1.165) is 18.2 Å². The summed E-state index contributed by atoms with van der Waals surface area (Å²) in [6.07, 6.45) is 2.95. The summed E-state index contributed by atoms with van der Waals surface area (Å²) < 4.78 is 56.3. The van der Waals surface area contributed by atoms with Crippen LogP contribution in [-0.4, -0.2) is 23.6 Å². The van der Waals surface area contributed by atoms with Crippen molar-refractivity contribution in [1.82, 2.24) is 15.2 Å². The Balaban J connectivity index is 1.69.